The van der Waals surface area contributed by atoms with Gasteiger partial charge in [-0.05, 0) is 13.2 Å². The fourth-order valence-corrected chi connectivity index (χ4v) is 0.991. The highest BCUT2D eigenvalue weighted by atomic mass is 35.5. The highest BCUT2D eigenvalue weighted by Gasteiger charge is 1.83. The van der Waals surface area contributed by atoms with E-state index in [1.54, 1.807) is 11.8 Å². The summed E-state index contributed by atoms with van der Waals surface area (Å²) in [6.07, 6.45) is 3.95. The van der Waals surface area contributed by atoms with Gasteiger partial charge in [-0.3, -0.25) is 0 Å². The first-order valence-corrected chi connectivity index (χ1v) is 3.88. The maximum absolute atomic E-state index is 5.61. The Kier molecular flexibility index (Phi) is 4.78. The van der Waals surface area contributed by atoms with Crippen LogP contribution in [0, 0.1) is 0 Å². The molecule has 2 heteroatoms. The van der Waals surface area contributed by atoms with Gasteiger partial charge in [0.15, 0.2) is 0 Å². The van der Waals surface area contributed by atoms with Gasteiger partial charge in [-0.15, -0.1) is 0 Å². The summed E-state index contributed by atoms with van der Waals surface area (Å²) in [6.45, 7) is 1.94. The van der Waals surface area contributed by atoms with Crippen molar-refractivity contribution < 1.29 is 0 Å². The maximum atomic E-state index is 5.61. The lowest BCUT2D eigenvalue weighted by molar-refractivity contribution is 1.60. The average Bonchev–Trinajstić information content (AvgIpc) is 1.68. The van der Waals surface area contributed by atoms with Crippen LogP contribution in [0.4, 0.5) is 0 Å². The van der Waals surface area contributed by atoms with E-state index in [9.17, 15) is 0 Å². The van der Waals surface area contributed by atoms with Crippen LogP contribution in [-0.2, 0) is 0 Å². The fraction of sp³-hybridized carbons (Fsp3) is 0.600. The first-order chi connectivity index (χ1) is 3.31. The Hall–Kier alpha value is 0.380. The quantitative estimate of drug-likeness (QED) is 0.562. The first kappa shape index (κ1) is 7.38. The molecule has 0 aromatic carbocycles. The topological polar surface area (TPSA) is 0 Å². The van der Waals surface area contributed by atoms with E-state index in [1.165, 1.54) is 0 Å². The molecule has 0 aromatic heterocycles. The normalized spacial score (nSPS) is 12.1. The molecule has 0 spiro atoms. The van der Waals surface area contributed by atoms with Crippen LogP contribution >= 0.6 is 23.4 Å². The first-order valence-electron chi connectivity index (χ1n) is 2.11. The van der Waals surface area contributed by atoms with E-state index < -0.39 is 0 Å². The summed E-state index contributed by atoms with van der Waals surface area (Å²) in [6, 6.07) is 0. The molecule has 0 aliphatic carbocycles. The van der Waals surface area contributed by atoms with Crippen molar-refractivity contribution in [1.82, 2.24) is 0 Å². The number of allylic oxidation sites excluding steroid dienone is 1. The summed E-state index contributed by atoms with van der Waals surface area (Å²) in [5.74, 6) is 0.943. The van der Waals surface area contributed by atoms with Crippen molar-refractivity contribution in [2.24, 2.45) is 0 Å². The van der Waals surface area contributed by atoms with Crippen molar-refractivity contribution >= 4 is 23.4 Å². The van der Waals surface area contributed by atoms with Crippen molar-refractivity contribution in [1.29, 1.82) is 0 Å². The molecule has 0 radical (unpaired) electrons. The molecule has 42 valence electrons. The van der Waals surface area contributed by atoms with Crippen LogP contribution < -0.4 is 0 Å². The number of thioether (sulfide) groups is 1. The van der Waals surface area contributed by atoms with Crippen molar-refractivity contribution in [3.8, 4) is 0 Å². The molecule has 0 aliphatic heterocycles. The summed E-state index contributed by atoms with van der Waals surface area (Å²) in [7, 11) is 0. The highest BCUT2D eigenvalue weighted by Crippen LogP contribution is 2.06. The standard InChI is InChI=1S/C5H9ClS/c1-3-5(6)4-7-2/h3H,4H2,1-2H3. The molecule has 0 unspecified atom stereocenters. The summed E-state index contributed by atoms with van der Waals surface area (Å²) in [5.41, 5.74) is 0. The molecule has 0 aromatic rings. The van der Waals surface area contributed by atoms with Crippen LogP contribution in [0.15, 0.2) is 11.1 Å². The maximum Gasteiger partial charge on any atom is 0.0286 e. The van der Waals surface area contributed by atoms with Crippen LogP contribution in [0.25, 0.3) is 0 Å². The summed E-state index contributed by atoms with van der Waals surface area (Å²) >= 11 is 7.34. The molecule has 0 nitrogen and oxygen atoms in total. The molecule has 0 aliphatic rings. The molecule has 0 saturated carbocycles. The van der Waals surface area contributed by atoms with Crippen molar-refractivity contribution in [3.63, 3.8) is 0 Å². The molecule has 0 rings (SSSR count). The molecule has 0 N–H and O–H groups in total. The summed E-state index contributed by atoms with van der Waals surface area (Å²) < 4.78 is 0. The van der Waals surface area contributed by atoms with Crippen LogP contribution in [0.3, 0.4) is 0 Å². The molecule has 0 bridgehead atoms. The second-order valence-corrected chi connectivity index (χ2v) is 2.52. The average molecular weight is 137 g/mol. The Labute approximate surface area is 53.9 Å². The second kappa shape index (κ2) is 4.54. The third-order valence-corrected chi connectivity index (χ3v) is 1.71. The molecule has 0 fully saturated rings. The lowest BCUT2D eigenvalue weighted by atomic mass is 10.6. The Morgan fingerprint density at radius 2 is 2.43 bits per heavy atom. The van der Waals surface area contributed by atoms with Crippen LogP contribution in [-0.4, -0.2) is 12.0 Å². The Morgan fingerprint density at radius 1 is 1.86 bits per heavy atom. The minimum atomic E-state index is 0.938. The SMILES string of the molecule is CC=C(Cl)CSC. The minimum absolute atomic E-state index is 0.938. The van der Waals surface area contributed by atoms with Gasteiger partial charge in [0.2, 0.25) is 0 Å². The summed E-state index contributed by atoms with van der Waals surface area (Å²) in [5, 5.41) is 0.938. The van der Waals surface area contributed by atoms with Crippen molar-refractivity contribution in [2.45, 2.75) is 6.92 Å². The van der Waals surface area contributed by atoms with Crippen LogP contribution in [0.5, 0.6) is 0 Å². The molecule has 7 heavy (non-hydrogen) atoms. The molecular formula is C5H9ClS. The summed E-state index contributed by atoms with van der Waals surface area (Å²) in [4.78, 5) is 0. The molecule has 0 atom stereocenters. The van der Waals surface area contributed by atoms with Gasteiger partial charge in [-0.1, -0.05) is 17.7 Å². The lowest BCUT2D eigenvalue weighted by Gasteiger charge is -1.88. The molecule has 0 saturated heterocycles. The Bertz CT molecular complexity index is 68.5. The Morgan fingerprint density at radius 3 is 2.57 bits per heavy atom. The second-order valence-electron chi connectivity index (χ2n) is 1.17. The van der Waals surface area contributed by atoms with E-state index >= 15 is 0 Å². The van der Waals surface area contributed by atoms with Crippen molar-refractivity contribution in [2.75, 3.05) is 12.0 Å². The van der Waals surface area contributed by atoms with E-state index in [1.807, 2.05) is 19.3 Å². The van der Waals surface area contributed by atoms with Gasteiger partial charge >= 0.3 is 0 Å². The third-order valence-electron chi connectivity index (χ3n) is 0.595. The lowest BCUT2D eigenvalue weighted by Crippen LogP contribution is -1.72. The Balaban J connectivity index is 3.17. The van der Waals surface area contributed by atoms with Crippen molar-refractivity contribution in [3.05, 3.63) is 11.1 Å². The monoisotopic (exact) mass is 136 g/mol. The number of halogens is 1. The van der Waals surface area contributed by atoms with Gasteiger partial charge < -0.3 is 0 Å². The van der Waals surface area contributed by atoms with Gasteiger partial charge in [0, 0.05) is 10.8 Å². The van der Waals surface area contributed by atoms with Crippen LogP contribution in [0.2, 0.25) is 0 Å². The van der Waals surface area contributed by atoms with Gasteiger partial charge in [0.1, 0.15) is 0 Å². The third kappa shape index (κ3) is 4.23. The van der Waals surface area contributed by atoms with E-state index in [0.29, 0.717) is 0 Å². The van der Waals surface area contributed by atoms with Crippen LogP contribution in [0.1, 0.15) is 6.92 Å². The largest absolute Gasteiger partial charge is 0.160 e. The minimum Gasteiger partial charge on any atom is -0.160 e. The number of hydrogen-bond acceptors (Lipinski definition) is 1. The predicted octanol–water partition coefficient (Wildman–Crippen LogP) is 2.49. The number of rotatable bonds is 2. The highest BCUT2D eigenvalue weighted by molar-refractivity contribution is 7.98. The van der Waals surface area contributed by atoms with E-state index in [-0.39, 0.29) is 0 Å². The van der Waals surface area contributed by atoms with E-state index in [4.69, 9.17) is 11.6 Å². The van der Waals surface area contributed by atoms with Gasteiger partial charge in [0.25, 0.3) is 0 Å². The molecule has 0 heterocycles. The fourth-order valence-electron chi connectivity index (χ4n) is 0.221. The molecule has 0 amide bonds. The van der Waals surface area contributed by atoms with Gasteiger partial charge in [-0.25, -0.2) is 0 Å². The zero-order chi connectivity index (χ0) is 5.70. The molecular weight excluding hydrogens is 128 g/mol. The smallest absolute Gasteiger partial charge is 0.0286 e. The zero-order valence-corrected chi connectivity index (χ0v) is 6.14. The predicted molar refractivity (Wildman–Crippen MR) is 38.0 cm³/mol. The van der Waals surface area contributed by atoms with Gasteiger partial charge in [0.05, 0.1) is 0 Å². The van der Waals surface area contributed by atoms with E-state index in [0.717, 1.165) is 10.8 Å². The number of hydrogen-bond donors (Lipinski definition) is 0. The van der Waals surface area contributed by atoms with Gasteiger partial charge in [-0.2, -0.15) is 11.8 Å². The van der Waals surface area contributed by atoms with E-state index in [2.05, 4.69) is 0 Å². The zero-order valence-electron chi connectivity index (χ0n) is 4.57.